The summed E-state index contributed by atoms with van der Waals surface area (Å²) in [5.41, 5.74) is 12.8. The molecule has 0 spiro atoms. The van der Waals surface area contributed by atoms with Crippen molar-refractivity contribution in [3.8, 4) is 0 Å². The van der Waals surface area contributed by atoms with Crippen LogP contribution in [-0.2, 0) is 25.7 Å². The van der Waals surface area contributed by atoms with Gasteiger partial charge in [0.05, 0.1) is 5.69 Å². The van der Waals surface area contributed by atoms with E-state index in [2.05, 4.69) is 24.3 Å². The van der Waals surface area contributed by atoms with E-state index in [4.69, 9.17) is 22.3 Å². The van der Waals surface area contributed by atoms with E-state index >= 15 is 0 Å². The zero-order valence-corrected chi connectivity index (χ0v) is 18.7. The monoisotopic (exact) mass is 446 g/mol. The molecule has 0 amide bonds. The molecule has 0 unspecified atom stereocenters. The van der Waals surface area contributed by atoms with Crippen molar-refractivity contribution < 1.29 is 4.79 Å². The summed E-state index contributed by atoms with van der Waals surface area (Å²) < 4.78 is 0. The summed E-state index contributed by atoms with van der Waals surface area (Å²) in [6.45, 7) is 0. The lowest BCUT2D eigenvalue weighted by Crippen LogP contribution is -2.10. The predicted molar refractivity (Wildman–Crippen MR) is 129 cm³/mol. The van der Waals surface area contributed by atoms with Gasteiger partial charge in [-0.15, -0.1) is 11.3 Å². The Hall–Kier alpha value is -2.69. The van der Waals surface area contributed by atoms with E-state index in [-0.39, 0.29) is 5.78 Å². The smallest absolute Gasteiger partial charge is 0.205 e. The van der Waals surface area contributed by atoms with Gasteiger partial charge in [-0.3, -0.25) is 4.79 Å². The van der Waals surface area contributed by atoms with E-state index < -0.39 is 0 Å². The molecular weight excluding hydrogens is 424 g/mol. The van der Waals surface area contributed by atoms with E-state index in [0.29, 0.717) is 21.2 Å². The number of hydrogen-bond donors (Lipinski definition) is 1. The second-order valence-corrected chi connectivity index (χ2v) is 9.51. The lowest BCUT2D eigenvalue weighted by Gasteiger charge is -2.20. The van der Waals surface area contributed by atoms with Gasteiger partial charge in [-0.1, -0.05) is 54.1 Å². The number of hydrogen-bond acceptors (Lipinski definition) is 4. The Kier molecular flexibility index (Phi) is 5.51. The molecule has 5 heteroatoms. The van der Waals surface area contributed by atoms with Gasteiger partial charge in [0.25, 0.3) is 0 Å². The summed E-state index contributed by atoms with van der Waals surface area (Å²) in [4.78, 5) is 19.7. The molecule has 156 valence electrons. The number of thiophene rings is 1. The van der Waals surface area contributed by atoms with Crippen LogP contribution in [0.1, 0.15) is 50.5 Å². The van der Waals surface area contributed by atoms with Crippen molar-refractivity contribution in [3.63, 3.8) is 0 Å². The van der Waals surface area contributed by atoms with Gasteiger partial charge in [0, 0.05) is 21.7 Å². The number of rotatable bonds is 5. The molecule has 0 saturated carbocycles. The second kappa shape index (κ2) is 8.45. The standard InChI is InChI=1S/C26H23ClN2OS/c27-18-10-6-9-17(15-18)24(30)25-23(28)22-20-12-5-4-11-19(20)21(29-26(22)31-25)14-13-16-7-2-1-3-8-16/h1-3,6-10,15H,4-5,11-14,28H2. The minimum absolute atomic E-state index is 0.0848. The van der Waals surface area contributed by atoms with Gasteiger partial charge in [0.15, 0.2) is 0 Å². The summed E-state index contributed by atoms with van der Waals surface area (Å²) in [6, 6.07) is 17.6. The number of nitrogens with two attached hydrogens (primary N) is 1. The summed E-state index contributed by atoms with van der Waals surface area (Å²) >= 11 is 7.52. The molecule has 31 heavy (non-hydrogen) atoms. The Morgan fingerprint density at radius 2 is 1.77 bits per heavy atom. The number of fused-ring (bicyclic) bond motifs is 3. The molecule has 0 aliphatic heterocycles. The number of benzene rings is 2. The first-order valence-electron chi connectivity index (χ1n) is 10.7. The van der Waals surface area contributed by atoms with Crippen LogP contribution in [-0.4, -0.2) is 10.8 Å². The molecule has 2 heterocycles. The lowest BCUT2D eigenvalue weighted by molar-refractivity contribution is 0.104. The van der Waals surface area contributed by atoms with Crippen LogP contribution in [0.4, 0.5) is 5.69 Å². The van der Waals surface area contributed by atoms with E-state index in [9.17, 15) is 4.79 Å². The van der Waals surface area contributed by atoms with E-state index in [1.165, 1.54) is 34.4 Å². The van der Waals surface area contributed by atoms with Crippen molar-refractivity contribution >= 4 is 44.6 Å². The Morgan fingerprint density at radius 1 is 1.00 bits per heavy atom. The molecule has 0 radical (unpaired) electrons. The Bertz CT molecular complexity index is 1280. The fourth-order valence-corrected chi connectivity index (χ4v) is 5.83. The van der Waals surface area contributed by atoms with E-state index in [1.54, 1.807) is 24.3 Å². The number of ketones is 1. The predicted octanol–water partition coefficient (Wildman–Crippen LogP) is 6.43. The number of pyridine rings is 1. The van der Waals surface area contributed by atoms with Crippen LogP contribution in [0.25, 0.3) is 10.2 Å². The average Bonchev–Trinajstić information content (AvgIpc) is 3.14. The molecule has 3 nitrogen and oxygen atoms in total. The van der Waals surface area contributed by atoms with Crippen LogP contribution in [0, 0.1) is 0 Å². The number of anilines is 1. The van der Waals surface area contributed by atoms with Gasteiger partial charge < -0.3 is 5.73 Å². The van der Waals surface area contributed by atoms with Crippen molar-refractivity contribution in [1.29, 1.82) is 0 Å². The fourth-order valence-electron chi connectivity index (χ4n) is 4.54. The molecule has 0 bridgehead atoms. The van der Waals surface area contributed by atoms with Gasteiger partial charge in [-0.25, -0.2) is 4.98 Å². The van der Waals surface area contributed by atoms with Crippen LogP contribution in [0.5, 0.6) is 0 Å². The van der Waals surface area contributed by atoms with Gasteiger partial charge in [0.1, 0.15) is 9.71 Å². The SMILES string of the molecule is Nc1c(C(=O)c2cccc(Cl)c2)sc2nc(CCc3ccccc3)c3c(c12)CCCC3. The normalized spacial score (nSPS) is 13.3. The van der Waals surface area contributed by atoms with Crippen molar-refractivity contribution in [2.24, 2.45) is 0 Å². The number of halogens is 1. The maximum Gasteiger partial charge on any atom is 0.205 e. The molecule has 1 aliphatic rings. The van der Waals surface area contributed by atoms with Gasteiger partial charge in [-0.2, -0.15) is 0 Å². The molecule has 0 atom stereocenters. The summed E-state index contributed by atoms with van der Waals surface area (Å²) in [5, 5.41) is 1.54. The first-order valence-corrected chi connectivity index (χ1v) is 11.9. The number of nitrogens with zero attached hydrogens (tertiary/aromatic N) is 1. The number of aromatic nitrogens is 1. The zero-order chi connectivity index (χ0) is 21.4. The van der Waals surface area contributed by atoms with Crippen molar-refractivity contribution in [1.82, 2.24) is 4.98 Å². The fraction of sp³-hybridized carbons (Fsp3) is 0.231. The quantitative estimate of drug-likeness (QED) is 0.359. The maximum absolute atomic E-state index is 13.2. The molecule has 0 fully saturated rings. The summed E-state index contributed by atoms with van der Waals surface area (Å²) in [7, 11) is 0. The number of carbonyl (C=O) groups is 1. The second-order valence-electron chi connectivity index (χ2n) is 8.07. The van der Waals surface area contributed by atoms with Gasteiger partial charge >= 0.3 is 0 Å². The highest BCUT2D eigenvalue weighted by molar-refractivity contribution is 7.21. The minimum atomic E-state index is -0.0848. The van der Waals surface area contributed by atoms with Crippen molar-refractivity contribution in [3.05, 3.63) is 92.4 Å². The van der Waals surface area contributed by atoms with Crippen molar-refractivity contribution in [2.75, 3.05) is 5.73 Å². The molecular formula is C26H23ClN2OS. The first kappa shape index (κ1) is 20.2. The van der Waals surface area contributed by atoms with Crippen LogP contribution >= 0.6 is 22.9 Å². The number of aryl methyl sites for hydroxylation is 3. The van der Waals surface area contributed by atoms with Crippen LogP contribution in [0.15, 0.2) is 54.6 Å². The van der Waals surface area contributed by atoms with Crippen LogP contribution in [0.3, 0.4) is 0 Å². The largest absolute Gasteiger partial charge is 0.397 e. The molecule has 1 aliphatic carbocycles. The topological polar surface area (TPSA) is 56.0 Å². The molecule has 2 aromatic heterocycles. The Morgan fingerprint density at radius 3 is 2.55 bits per heavy atom. The van der Waals surface area contributed by atoms with E-state index in [0.717, 1.165) is 48.0 Å². The summed E-state index contributed by atoms with van der Waals surface area (Å²) in [6.07, 6.45) is 6.22. The maximum atomic E-state index is 13.2. The molecule has 4 aromatic rings. The number of nitrogen functional groups attached to an aromatic ring is 1. The van der Waals surface area contributed by atoms with Crippen LogP contribution < -0.4 is 5.73 Å². The Balaban J connectivity index is 1.58. The minimum Gasteiger partial charge on any atom is -0.397 e. The summed E-state index contributed by atoms with van der Waals surface area (Å²) in [5.74, 6) is -0.0848. The zero-order valence-electron chi connectivity index (χ0n) is 17.2. The third-order valence-corrected chi connectivity index (χ3v) is 7.40. The highest BCUT2D eigenvalue weighted by Crippen LogP contribution is 2.41. The average molecular weight is 447 g/mol. The molecule has 5 rings (SSSR count). The lowest BCUT2D eigenvalue weighted by atomic mass is 9.87. The third-order valence-electron chi connectivity index (χ3n) is 6.07. The highest BCUT2D eigenvalue weighted by atomic mass is 35.5. The number of carbonyl (C=O) groups excluding carboxylic acids is 1. The molecule has 2 aromatic carbocycles. The third kappa shape index (κ3) is 3.86. The molecule has 2 N–H and O–H groups in total. The highest BCUT2D eigenvalue weighted by Gasteiger charge is 2.25. The van der Waals surface area contributed by atoms with Gasteiger partial charge in [0.2, 0.25) is 5.78 Å². The first-order chi connectivity index (χ1) is 15.1. The van der Waals surface area contributed by atoms with Gasteiger partial charge in [-0.05, 0) is 67.3 Å². The van der Waals surface area contributed by atoms with Crippen molar-refractivity contribution in [2.45, 2.75) is 38.5 Å². The Labute approximate surface area is 190 Å². The van der Waals surface area contributed by atoms with E-state index in [1.807, 2.05) is 6.07 Å². The molecule has 0 saturated heterocycles. The van der Waals surface area contributed by atoms with Crippen LogP contribution in [0.2, 0.25) is 5.02 Å².